The summed E-state index contributed by atoms with van der Waals surface area (Å²) in [7, 11) is 0. The summed E-state index contributed by atoms with van der Waals surface area (Å²) in [5, 5.41) is 3.95. The molecule has 2 rings (SSSR count). The molecule has 20 heavy (non-hydrogen) atoms. The molecular formula is C15H19ClFN3. The van der Waals surface area contributed by atoms with Crippen molar-refractivity contribution in [3.05, 3.63) is 52.8 Å². The van der Waals surface area contributed by atoms with Gasteiger partial charge in [0, 0.05) is 23.0 Å². The summed E-state index contributed by atoms with van der Waals surface area (Å²) in [6.45, 7) is 7.47. The Morgan fingerprint density at radius 3 is 2.80 bits per heavy atom. The number of nitrogens with zero attached hydrogens (tertiary/aromatic N) is 2. The largest absolute Gasteiger partial charge is 0.329 e. The second-order valence-corrected chi connectivity index (χ2v) is 6.22. The first-order chi connectivity index (χ1) is 9.35. The molecule has 0 radical (unpaired) electrons. The van der Waals surface area contributed by atoms with Crippen LogP contribution in [0.4, 0.5) is 4.39 Å². The van der Waals surface area contributed by atoms with E-state index in [1.807, 2.05) is 10.8 Å². The number of hydrogen-bond donors (Lipinski definition) is 1. The quantitative estimate of drug-likeness (QED) is 0.934. The van der Waals surface area contributed by atoms with Crippen LogP contribution in [0.2, 0.25) is 5.02 Å². The monoisotopic (exact) mass is 295 g/mol. The van der Waals surface area contributed by atoms with Gasteiger partial charge in [0.2, 0.25) is 0 Å². The summed E-state index contributed by atoms with van der Waals surface area (Å²) in [6.07, 6.45) is 3.62. The van der Waals surface area contributed by atoms with Crippen molar-refractivity contribution in [1.82, 2.24) is 14.9 Å². The van der Waals surface area contributed by atoms with Crippen LogP contribution in [-0.2, 0) is 13.1 Å². The molecule has 5 heteroatoms. The van der Waals surface area contributed by atoms with Gasteiger partial charge in [0.1, 0.15) is 11.6 Å². The van der Waals surface area contributed by atoms with Gasteiger partial charge in [-0.2, -0.15) is 0 Å². The Bertz CT molecular complexity index is 587. The van der Waals surface area contributed by atoms with E-state index in [2.05, 4.69) is 31.1 Å². The van der Waals surface area contributed by atoms with Crippen molar-refractivity contribution in [2.24, 2.45) is 0 Å². The Morgan fingerprint density at radius 1 is 1.35 bits per heavy atom. The summed E-state index contributed by atoms with van der Waals surface area (Å²) in [5.74, 6) is 0.624. The summed E-state index contributed by atoms with van der Waals surface area (Å²) in [5.41, 5.74) is 0.773. The minimum Gasteiger partial charge on any atom is -0.329 e. The molecule has 0 aliphatic rings. The van der Waals surface area contributed by atoms with Crippen molar-refractivity contribution in [1.29, 1.82) is 0 Å². The number of halogens is 2. The van der Waals surface area contributed by atoms with Gasteiger partial charge in [0.05, 0.1) is 13.1 Å². The molecule has 3 nitrogen and oxygen atoms in total. The average molecular weight is 296 g/mol. The van der Waals surface area contributed by atoms with Crippen molar-refractivity contribution >= 4 is 11.6 Å². The second kappa shape index (κ2) is 5.94. The third kappa shape index (κ3) is 4.05. The highest BCUT2D eigenvalue weighted by Gasteiger charge is 2.12. The van der Waals surface area contributed by atoms with Crippen molar-refractivity contribution in [2.75, 3.05) is 0 Å². The lowest BCUT2D eigenvalue weighted by Gasteiger charge is -2.20. The zero-order chi connectivity index (χ0) is 14.8. The Balaban J connectivity index is 2.14. The molecule has 0 spiro atoms. The van der Waals surface area contributed by atoms with Crippen LogP contribution < -0.4 is 5.32 Å². The smallest absolute Gasteiger partial charge is 0.123 e. The molecule has 0 aliphatic carbocycles. The van der Waals surface area contributed by atoms with E-state index >= 15 is 0 Å². The van der Waals surface area contributed by atoms with Crippen LogP contribution >= 0.6 is 11.6 Å². The number of aromatic nitrogens is 2. The van der Waals surface area contributed by atoms with Gasteiger partial charge < -0.3 is 9.88 Å². The minimum absolute atomic E-state index is 0.0211. The predicted molar refractivity (Wildman–Crippen MR) is 79.3 cm³/mol. The summed E-state index contributed by atoms with van der Waals surface area (Å²) < 4.78 is 15.3. The van der Waals surface area contributed by atoms with Crippen LogP contribution in [0.5, 0.6) is 0 Å². The van der Waals surface area contributed by atoms with E-state index in [4.69, 9.17) is 11.6 Å². The second-order valence-electron chi connectivity index (χ2n) is 5.81. The number of nitrogens with one attached hydrogen (secondary N) is 1. The topological polar surface area (TPSA) is 29.9 Å². The molecule has 108 valence electrons. The maximum Gasteiger partial charge on any atom is 0.123 e. The number of hydrogen-bond acceptors (Lipinski definition) is 2. The molecule has 1 N–H and O–H groups in total. The lowest BCUT2D eigenvalue weighted by molar-refractivity contribution is 0.413. The summed E-state index contributed by atoms with van der Waals surface area (Å²) >= 11 is 6.10. The van der Waals surface area contributed by atoms with Gasteiger partial charge >= 0.3 is 0 Å². The van der Waals surface area contributed by atoms with Gasteiger partial charge in [-0.1, -0.05) is 11.6 Å². The van der Waals surface area contributed by atoms with E-state index in [1.54, 1.807) is 12.3 Å². The molecular weight excluding hydrogens is 277 g/mol. The Morgan fingerprint density at radius 2 is 2.10 bits per heavy atom. The van der Waals surface area contributed by atoms with Gasteiger partial charge in [-0.15, -0.1) is 0 Å². The highest BCUT2D eigenvalue weighted by Crippen LogP contribution is 2.19. The van der Waals surface area contributed by atoms with Crippen LogP contribution in [0.15, 0.2) is 30.6 Å². The number of rotatable bonds is 4. The van der Waals surface area contributed by atoms with E-state index in [9.17, 15) is 4.39 Å². The van der Waals surface area contributed by atoms with Crippen LogP contribution in [0.1, 0.15) is 32.2 Å². The Hall–Kier alpha value is -1.39. The number of benzene rings is 1. The normalized spacial score (nSPS) is 11.8. The average Bonchev–Trinajstić information content (AvgIpc) is 2.78. The SMILES string of the molecule is CC(C)(C)NCc1nccn1Cc1cc(F)ccc1Cl. The van der Waals surface area contributed by atoms with Gasteiger partial charge in [0.15, 0.2) is 0 Å². The van der Waals surface area contributed by atoms with E-state index in [0.717, 1.165) is 11.4 Å². The zero-order valence-corrected chi connectivity index (χ0v) is 12.7. The van der Waals surface area contributed by atoms with E-state index in [0.29, 0.717) is 18.1 Å². The van der Waals surface area contributed by atoms with Crippen LogP contribution in [-0.4, -0.2) is 15.1 Å². The van der Waals surface area contributed by atoms with Crippen LogP contribution in [0, 0.1) is 5.82 Å². The fourth-order valence-corrected chi connectivity index (χ4v) is 2.02. The van der Waals surface area contributed by atoms with Gasteiger partial charge in [0.25, 0.3) is 0 Å². The van der Waals surface area contributed by atoms with Crippen molar-refractivity contribution in [3.63, 3.8) is 0 Å². The fraction of sp³-hybridized carbons (Fsp3) is 0.400. The zero-order valence-electron chi connectivity index (χ0n) is 12.0. The van der Waals surface area contributed by atoms with E-state index in [1.165, 1.54) is 12.1 Å². The predicted octanol–water partition coefficient (Wildman–Crippen LogP) is 3.61. The first-order valence-electron chi connectivity index (χ1n) is 6.54. The van der Waals surface area contributed by atoms with Crippen LogP contribution in [0.25, 0.3) is 0 Å². The standard InChI is InChI=1S/C15H19ClFN3/c1-15(2,3)19-9-14-18-6-7-20(14)10-11-8-12(17)4-5-13(11)16/h4-8,19H,9-10H2,1-3H3. The van der Waals surface area contributed by atoms with Crippen molar-refractivity contribution in [3.8, 4) is 0 Å². The van der Waals surface area contributed by atoms with E-state index < -0.39 is 0 Å². The molecule has 1 aromatic heterocycles. The highest BCUT2D eigenvalue weighted by atomic mass is 35.5. The minimum atomic E-state index is -0.279. The van der Waals surface area contributed by atoms with E-state index in [-0.39, 0.29) is 11.4 Å². The summed E-state index contributed by atoms with van der Waals surface area (Å²) in [6, 6.07) is 4.40. The highest BCUT2D eigenvalue weighted by molar-refractivity contribution is 6.31. The number of imidazole rings is 1. The molecule has 0 unspecified atom stereocenters. The molecule has 0 fully saturated rings. The third-order valence-corrected chi connectivity index (χ3v) is 3.30. The molecule has 0 saturated heterocycles. The molecule has 1 heterocycles. The van der Waals surface area contributed by atoms with Crippen LogP contribution in [0.3, 0.4) is 0 Å². The van der Waals surface area contributed by atoms with Gasteiger partial charge in [-0.05, 0) is 44.5 Å². The molecule has 1 aromatic carbocycles. The molecule has 0 saturated carbocycles. The Kier molecular flexibility index (Phi) is 4.45. The molecule has 0 atom stereocenters. The molecule has 0 aliphatic heterocycles. The third-order valence-electron chi connectivity index (χ3n) is 2.93. The van der Waals surface area contributed by atoms with Crippen molar-refractivity contribution in [2.45, 2.75) is 39.4 Å². The van der Waals surface area contributed by atoms with Gasteiger partial charge in [-0.3, -0.25) is 0 Å². The first kappa shape index (κ1) is 15.0. The molecule has 0 bridgehead atoms. The summed E-state index contributed by atoms with van der Waals surface area (Å²) in [4.78, 5) is 4.33. The lowest BCUT2D eigenvalue weighted by atomic mass is 10.1. The molecule has 0 amide bonds. The van der Waals surface area contributed by atoms with Gasteiger partial charge in [-0.25, -0.2) is 9.37 Å². The van der Waals surface area contributed by atoms with Crippen molar-refractivity contribution < 1.29 is 4.39 Å². The maximum absolute atomic E-state index is 13.3. The molecule has 2 aromatic rings. The fourth-order valence-electron chi connectivity index (χ4n) is 1.84. The Labute approximate surface area is 123 Å². The lowest BCUT2D eigenvalue weighted by Crippen LogP contribution is -2.36. The maximum atomic E-state index is 13.3. The first-order valence-corrected chi connectivity index (χ1v) is 6.92.